The molecule has 0 aliphatic carbocycles. The number of nitrogens with one attached hydrogen (secondary N) is 2. The monoisotopic (exact) mass is 529 g/mol. The minimum absolute atomic E-state index is 0. The minimum atomic E-state index is -0.196. The average Bonchev–Trinajstić information content (AvgIpc) is 3.35. The summed E-state index contributed by atoms with van der Waals surface area (Å²) in [5, 5.41) is 4.41. The minimum Gasteiger partial charge on any atom is -0.379 e. The molecule has 2 N–H and O–H groups in total. The van der Waals surface area contributed by atoms with Crippen molar-refractivity contribution in [3.63, 3.8) is 0 Å². The third kappa shape index (κ3) is 5.85. The molecule has 2 saturated heterocycles. The number of aliphatic imine (C=N–C) groups is 1. The number of rotatable bonds is 6. The van der Waals surface area contributed by atoms with Crippen molar-refractivity contribution in [2.24, 2.45) is 10.9 Å². The summed E-state index contributed by atoms with van der Waals surface area (Å²) in [6.45, 7) is 10.8. The van der Waals surface area contributed by atoms with E-state index in [1.54, 1.807) is 12.1 Å². The lowest BCUT2D eigenvalue weighted by Crippen LogP contribution is -2.42. The number of likely N-dealkylation sites (tertiary alicyclic amines) is 1. The van der Waals surface area contributed by atoms with E-state index >= 15 is 0 Å². The fourth-order valence-electron chi connectivity index (χ4n) is 4.39. The molecule has 2 fully saturated rings. The standard InChI is InChI=1S/C22H32FN5O.HI/c1-2-24-22(28-8-6-17(16-28)15-27-9-11-29-12-10-27)25-7-5-18-14-26-21-4-3-19(23)13-20(18)21;/h3-4,13-14,17,26H,2,5-12,15-16H2,1H3,(H,24,25);1H. The van der Waals surface area contributed by atoms with E-state index in [0.29, 0.717) is 12.5 Å². The SMILES string of the molecule is CCNC(=NCCc1c[nH]c2ccc(F)cc12)N1CCC(CN2CCOCC2)C1.I. The van der Waals surface area contributed by atoms with Gasteiger partial charge < -0.3 is 19.9 Å². The van der Waals surface area contributed by atoms with Gasteiger partial charge in [0.2, 0.25) is 0 Å². The molecule has 1 atom stereocenters. The highest BCUT2D eigenvalue weighted by Crippen LogP contribution is 2.21. The molecule has 166 valence electrons. The Hall–Kier alpha value is -1.39. The van der Waals surface area contributed by atoms with Crippen LogP contribution in [0.1, 0.15) is 18.9 Å². The van der Waals surface area contributed by atoms with Crippen molar-refractivity contribution in [3.05, 3.63) is 35.8 Å². The molecule has 2 aliphatic heterocycles. The summed E-state index contributed by atoms with van der Waals surface area (Å²) in [5.74, 6) is 1.50. The zero-order chi connectivity index (χ0) is 20.1. The van der Waals surface area contributed by atoms with E-state index in [0.717, 1.165) is 81.3 Å². The van der Waals surface area contributed by atoms with Gasteiger partial charge in [0, 0.05) is 62.9 Å². The van der Waals surface area contributed by atoms with Gasteiger partial charge in [-0.15, -0.1) is 24.0 Å². The van der Waals surface area contributed by atoms with E-state index in [4.69, 9.17) is 9.73 Å². The second kappa shape index (κ2) is 11.3. The molecule has 2 aliphatic rings. The molecule has 1 unspecified atom stereocenters. The quantitative estimate of drug-likeness (QED) is 0.343. The van der Waals surface area contributed by atoms with Gasteiger partial charge in [0.05, 0.1) is 13.2 Å². The summed E-state index contributed by atoms with van der Waals surface area (Å²) in [4.78, 5) is 13.0. The number of hydrogen-bond donors (Lipinski definition) is 2. The lowest BCUT2D eigenvalue weighted by Gasteiger charge is -2.29. The van der Waals surface area contributed by atoms with Crippen molar-refractivity contribution >= 4 is 40.8 Å². The second-order valence-electron chi connectivity index (χ2n) is 8.00. The predicted octanol–water partition coefficient (Wildman–Crippen LogP) is 3.09. The second-order valence-corrected chi connectivity index (χ2v) is 8.00. The molecular weight excluding hydrogens is 496 g/mol. The Morgan fingerprint density at radius 1 is 1.30 bits per heavy atom. The molecule has 0 bridgehead atoms. The fraction of sp³-hybridized carbons (Fsp3) is 0.591. The van der Waals surface area contributed by atoms with Crippen LogP contribution in [0.2, 0.25) is 0 Å². The van der Waals surface area contributed by atoms with Crippen LogP contribution in [0.3, 0.4) is 0 Å². The molecule has 4 rings (SSSR count). The highest BCUT2D eigenvalue weighted by molar-refractivity contribution is 14.0. The van der Waals surface area contributed by atoms with E-state index in [9.17, 15) is 4.39 Å². The van der Waals surface area contributed by atoms with Crippen molar-refractivity contribution in [2.75, 3.05) is 59.0 Å². The third-order valence-corrected chi connectivity index (χ3v) is 5.91. The molecule has 2 aromatic rings. The molecule has 1 aromatic heterocycles. The molecule has 3 heterocycles. The third-order valence-electron chi connectivity index (χ3n) is 5.91. The Labute approximate surface area is 195 Å². The molecule has 0 saturated carbocycles. The fourth-order valence-corrected chi connectivity index (χ4v) is 4.39. The van der Waals surface area contributed by atoms with Crippen molar-refractivity contribution in [1.29, 1.82) is 0 Å². The summed E-state index contributed by atoms with van der Waals surface area (Å²) in [7, 11) is 0. The van der Waals surface area contributed by atoms with Gasteiger partial charge in [0.1, 0.15) is 5.82 Å². The Morgan fingerprint density at radius 3 is 2.93 bits per heavy atom. The van der Waals surface area contributed by atoms with Gasteiger partial charge >= 0.3 is 0 Å². The first-order valence-corrected chi connectivity index (χ1v) is 10.8. The topological polar surface area (TPSA) is 55.9 Å². The molecule has 0 spiro atoms. The van der Waals surface area contributed by atoms with Crippen LogP contribution in [0, 0.1) is 11.7 Å². The number of fused-ring (bicyclic) bond motifs is 1. The lowest BCUT2D eigenvalue weighted by atomic mass is 10.1. The van der Waals surface area contributed by atoms with E-state index in [1.807, 2.05) is 6.20 Å². The number of halogens is 2. The Morgan fingerprint density at radius 2 is 2.13 bits per heavy atom. The van der Waals surface area contributed by atoms with Crippen molar-refractivity contribution in [2.45, 2.75) is 19.8 Å². The van der Waals surface area contributed by atoms with Crippen LogP contribution in [0.4, 0.5) is 4.39 Å². The number of nitrogens with zero attached hydrogens (tertiary/aromatic N) is 3. The van der Waals surface area contributed by atoms with Crippen LogP contribution in [0.5, 0.6) is 0 Å². The molecule has 0 radical (unpaired) electrons. The maximum atomic E-state index is 13.6. The Bertz CT molecular complexity index is 836. The number of aromatic nitrogens is 1. The molecule has 30 heavy (non-hydrogen) atoms. The average molecular weight is 529 g/mol. The summed E-state index contributed by atoms with van der Waals surface area (Å²) in [6, 6.07) is 4.89. The molecule has 0 amide bonds. The van der Waals surface area contributed by atoms with Crippen LogP contribution >= 0.6 is 24.0 Å². The molecule has 6 nitrogen and oxygen atoms in total. The largest absolute Gasteiger partial charge is 0.379 e. The number of guanidine groups is 1. The Balaban J connectivity index is 0.00000256. The molecular formula is C22H33FIN5O. The van der Waals surface area contributed by atoms with E-state index in [2.05, 4.69) is 27.0 Å². The van der Waals surface area contributed by atoms with E-state index < -0.39 is 0 Å². The van der Waals surface area contributed by atoms with Crippen molar-refractivity contribution in [1.82, 2.24) is 20.1 Å². The number of benzene rings is 1. The smallest absolute Gasteiger partial charge is 0.193 e. The highest BCUT2D eigenvalue weighted by atomic mass is 127. The van der Waals surface area contributed by atoms with Crippen LogP contribution in [-0.2, 0) is 11.2 Å². The van der Waals surface area contributed by atoms with E-state index in [1.165, 1.54) is 12.5 Å². The van der Waals surface area contributed by atoms with Crippen LogP contribution < -0.4 is 5.32 Å². The predicted molar refractivity (Wildman–Crippen MR) is 130 cm³/mol. The first kappa shape index (κ1) is 23.3. The summed E-state index contributed by atoms with van der Waals surface area (Å²) in [6.07, 6.45) is 3.98. The van der Waals surface area contributed by atoms with Gasteiger partial charge in [-0.3, -0.25) is 9.89 Å². The maximum Gasteiger partial charge on any atom is 0.193 e. The zero-order valence-electron chi connectivity index (χ0n) is 17.7. The van der Waals surface area contributed by atoms with Gasteiger partial charge in [-0.05, 0) is 49.4 Å². The summed E-state index contributed by atoms with van der Waals surface area (Å²) >= 11 is 0. The number of ether oxygens (including phenoxy) is 1. The molecule has 1 aromatic carbocycles. The number of morpholine rings is 1. The highest BCUT2D eigenvalue weighted by Gasteiger charge is 2.27. The van der Waals surface area contributed by atoms with Gasteiger partial charge in [-0.25, -0.2) is 4.39 Å². The van der Waals surface area contributed by atoms with Crippen molar-refractivity contribution in [3.8, 4) is 0 Å². The maximum absolute atomic E-state index is 13.6. The first-order valence-electron chi connectivity index (χ1n) is 10.8. The van der Waals surface area contributed by atoms with Gasteiger partial charge in [0.15, 0.2) is 5.96 Å². The summed E-state index contributed by atoms with van der Waals surface area (Å²) < 4.78 is 19.0. The lowest BCUT2D eigenvalue weighted by molar-refractivity contribution is 0.0315. The van der Waals surface area contributed by atoms with Crippen molar-refractivity contribution < 1.29 is 9.13 Å². The molecule has 8 heteroatoms. The number of H-pyrrole nitrogens is 1. The normalized spacial score (nSPS) is 20.5. The van der Waals surface area contributed by atoms with Gasteiger partial charge in [0.25, 0.3) is 0 Å². The first-order chi connectivity index (χ1) is 14.2. The van der Waals surface area contributed by atoms with Crippen LogP contribution in [0.15, 0.2) is 29.4 Å². The zero-order valence-corrected chi connectivity index (χ0v) is 20.0. The van der Waals surface area contributed by atoms with Gasteiger partial charge in [-0.1, -0.05) is 0 Å². The van der Waals surface area contributed by atoms with Gasteiger partial charge in [-0.2, -0.15) is 0 Å². The number of aromatic amines is 1. The van der Waals surface area contributed by atoms with Crippen LogP contribution in [-0.4, -0.2) is 79.8 Å². The Kier molecular flexibility index (Phi) is 8.76. The summed E-state index contributed by atoms with van der Waals surface area (Å²) in [5.41, 5.74) is 2.09. The van der Waals surface area contributed by atoms with Crippen LogP contribution in [0.25, 0.3) is 10.9 Å². The number of hydrogen-bond acceptors (Lipinski definition) is 3. The van der Waals surface area contributed by atoms with E-state index in [-0.39, 0.29) is 29.8 Å².